The first-order chi connectivity index (χ1) is 9.74. The fourth-order valence-corrected chi connectivity index (χ4v) is 4.07. The Morgan fingerprint density at radius 3 is 2.75 bits per heavy atom. The maximum absolute atomic E-state index is 6.24. The molecule has 3 nitrogen and oxygen atoms in total. The van der Waals surface area contributed by atoms with Gasteiger partial charge in [-0.25, -0.2) is 9.97 Å². The molecule has 2 aromatic heterocycles. The average Bonchev–Trinajstić information content (AvgIpc) is 2.73. The zero-order valence-electron chi connectivity index (χ0n) is 11.8. The normalized spacial score (nSPS) is 17.8. The molecule has 5 heteroatoms. The monoisotopic (exact) mass is 309 g/mol. The van der Waals surface area contributed by atoms with Gasteiger partial charge >= 0.3 is 0 Å². The van der Waals surface area contributed by atoms with Crippen molar-refractivity contribution in [3.63, 3.8) is 0 Å². The van der Waals surface area contributed by atoms with E-state index < -0.39 is 0 Å². The molecule has 1 aliphatic carbocycles. The Balaban J connectivity index is 1.74. The highest BCUT2D eigenvalue weighted by Gasteiger charge is 2.18. The van der Waals surface area contributed by atoms with Gasteiger partial charge in [0, 0.05) is 11.4 Å². The van der Waals surface area contributed by atoms with Crippen LogP contribution in [0.25, 0.3) is 10.2 Å². The molecule has 1 fully saturated rings. The number of aromatic nitrogens is 2. The molecule has 0 bridgehead atoms. The summed E-state index contributed by atoms with van der Waals surface area (Å²) in [4.78, 5) is 12.5. The standard InChI is InChI=1S/C15H20ClN3S/c1-19(11-6-4-2-3-5-7-11)10-13-17-14(16)12-8-9-20-15(12)18-13/h8-9,11H,2-7,10H2,1H3. The highest BCUT2D eigenvalue weighted by atomic mass is 35.5. The minimum absolute atomic E-state index is 0.584. The fourth-order valence-electron chi connectivity index (χ4n) is 2.98. The lowest BCUT2D eigenvalue weighted by atomic mass is 10.1. The van der Waals surface area contributed by atoms with Gasteiger partial charge in [0.25, 0.3) is 0 Å². The molecule has 1 aliphatic rings. The summed E-state index contributed by atoms with van der Waals surface area (Å²) >= 11 is 7.86. The SMILES string of the molecule is CN(Cc1nc(Cl)c2ccsc2n1)C1CCCCCC1. The summed E-state index contributed by atoms with van der Waals surface area (Å²) in [5.41, 5.74) is 0. The van der Waals surface area contributed by atoms with Crippen LogP contribution in [0, 0.1) is 0 Å². The number of halogens is 1. The lowest BCUT2D eigenvalue weighted by Crippen LogP contribution is -2.31. The van der Waals surface area contributed by atoms with Crippen molar-refractivity contribution in [3.8, 4) is 0 Å². The van der Waals surface area contributed by atoms with E-state index in [1.165, 1.54) is 38.5 Å². The second-order valence-corrected chi connectivity index (χ2v) is 6.88. The molecule has 0 aliphatic heterocycles. The van der Waals surface area contributed by atoms with Gasteiger partial charge in [-0.3, -0.25) is 4.90 Å². The van der Waals surface area contributed by atoms with E-state index >= 15 is 0 Å². The number of rotatable bonds is 3. The first-order valence-electron chi connectivity index (χ1n) is 7.34. The van der Waals surface area contributed by atoms with Crippen LogP contribution in [0.1, 0.15) is 44.3 Å². The van der Waals surface area contributed by atoms with E-state index in [1.54, 1.807) is 11.3 Å². The number of hydrogen-bond acceptors (Lipinski definition) is 4. The molecule has 0 atom stereocenters. The van der Waals surface area contributed by atoms with Gasteiger partial charge in [-0.2, -0.15) is 0 Å². The smallest absolute Gasteiger partial charge is 0.145 e. The second-order valence-electron chi connectivity index (χ2n) is 5.63. The maximum Gasteiger partial charge on any atom is 0.145 e. The molecule has 0 N–H and O–H groups in total. The van der Waals surface area contributed by atoms with Gasteiger partial charge in [-0.05, 0) is 31.3 Å². The van der Waals surface area contributed by atoms with Crippen molar-refractivity contribution in [2.24, 2.45) is 0 Å². The molecule has 0 radical (unpaired) electrons. The van der Waals surface area contributed by atoms with Crippen molar-refractivity contribution in [1.29, 1.82) is 0 Å². The van der Waals surface area contributed by atoms with E-state index in [9.17, 15) is 0 Å². The molecular weight excluding hydrogens is 290 g/mol. The van der Waals surface area contributed by atoms with Crippen molar-refractivity contribution < 1.29 is 0 Å². The zero-order chi connectivity index (χ0) is 13.9. The highest BCUT2D eigenvalue weighted by molar-refractivity contribution is 7.16. The molecule has 108 valence electrons. The summed E-state index contributed by atoms with van der Waals surface area (Å²) in [5.74, 6) is 0.844. The minimum atomic E-state index is 0.584. The van der Waals surface area contributed by atoms with Crippen LogP contribution in [0.5, 0.6) is 0 Å². The Bertz CT molecular complexity index is 576. The Kier molecular flexibility index (Phi) is 4.54. The summed E-state index contributed by atoms with van der Waals surface area (Å²) in [6.45, 7) is 0.790. The van der Waals surface area contributed by atoms with Crippen LogP contribution in [0.3, 0.4) is 0 Å². The first-order valence-corrected chi connectivity index (χ1v) is 8.59. The summed E-state index contributed by atoms with van der Waals surface area (Å²) in [7, 11) is 2.19. The molecule has 2 aromatic rings. The van der Waals surface area contributed by atoms with E-state index in [2.05, 4.69) is 21.9 Å². The summed E-state index contributed by atoms with van der Waals surface area (Å²) in [5, 5.41) is 3.57. The van der Waals surface area contributed by atoms with E-state index in [4.69, 9.17) is 11.6 Å². The van der Waals surface area contributed by atoms with Gasteiger partial charge < -0.3 is 0 Å². The van der Waals surface area contributed by atoms with Gasteiger partial charge in [-0.15, -0.1) is 11.3 Å². The molecule has 0 aromatic carbocycles. The molecule has 2 heterocycles. The van der Waals surface area contributed by atoms with Gasteiger partial charge in [0.05, 0.1) is 6.54 Å². The lowest BCUT2D eigenvalue weighted by molar-refractivity contribution is 0.208. The topological polar surface area (TPSA) is 29.0 Å². The Labute approximate surface area is 129 Å². The van der Waals surface area contributed by atoms with Crippen LogP contribution in [0.15, 0.2) is 11.4 Å². The van der Waals surface area contributed by atoms with Crippen LogP contribution in [-0.4, -0.2) is 28.0 Å². The van der Waals surface area contributed by atoms with E-state index in [-0.39, 0.29) is 0 Å². The number of fused-ring (bicyclic) bond motifs is 1. The molecule has 3 rings (SSSR count). The van der Waals surface area contributed by atoms with Crippen LogP contribution >= 0.6 is 22.9 Å². The Hall–Kier alpha value is -0.710. The Morgan fingerprint density at radius 2 is 2.00 bits per heavy atom. The molecule has 0 saturated heterocycles. The molecule has 0 amide bonds. The quantitative estimate of drug-likeness (QED) is 0.617. The number of nitrogens with zero attached hydrogens (tertiary/aromatic N) is 3. The average molecular weight is 310 g/mol. The van der Waals surface area contributed by atoms with Crippen LogP contribution in [0.2, 0.25) is 5.15 Å². The summed E-state index contributed by atoms with van der Waals surface area (Å²) in [6, 6.07) is 2.65. The Morgan fingerprint density at radius 1 is 1.25 bits per heavy atom. The van der Waals surface area contributed by atoms with Gasteiger partial charge in [-0.1, -0.05) is 37.3 Å². The van der Waals surface area contributed by atoms with Crippen molar-refractivity contribution in [2.45, 2.75) is 51.1 Å². The van der Waals surface area contributed by atoms with Crippen LogP contribution < -0.4 is 0 Å². The lowest BCUT2D eigenvalue weighted by Gasteiger charge is -2.26. The third-order valence-electron chi connectivity index (χ3n) is 4.16. The van der Waals surface area contributed by atoms with E-state index in [0.717, 1.165) is 22.6 Å². The summed E-state index contributed by atoms with van der Waals surface area (Å²) < 4.78 is 0. The molecule has 20 heavy (non-hydrogen) atoms. The van der Waals surface area contributed by atoms with Gasteiger partial charge in [0.2, 0.25) is 0 Å². The minimum Gasteiger partial charge on any atom is -0.296 e. The van der Waals surface area contributed by atoms with Crippen molar-refractivity contribution in [3.05, 3.63) is 22.4 Å². The highest BCUT2D eigenvalue weighted by Crippen LogP contribution is 2.26. The predicted octanol–water partition coefficient (Wildman–Crippen LogP) is 4.50. The van der Waals surface area contributed by atoms with Crippen molar-refractivity contribution in [1.82, 2.24) is 14.9 Å². The number of thiophene rings is 1. The van der Waals surface area contributed by atoms with E-state index in [1.807, 2.05) is 11.4 Å². The molecular formula is C15H20ClN3S. The maximum atomic E-state index is 6.24. The van der Waals surface area contributed by atoms with E-state index in [0.29, 0.717) is 11.2 Å². The van der Waals surface area contributed by atoms with Crippen molar-refractivity contribution >= 4 is 33.2 Å². The third-order valence-corrected chi connectivity index (χ3v) is 5.26. The first kappa shape index (κ1) is 14.2. The third kappa shape index (κ3) is 3.13. The van der Waals surface area contributed by atoms with Gasteiger partial charge in [0.1, 0.15) is 15.8 Å². The van der Waals surface area contributed by atoms with Crippen LogP contribution in [-0.2, 0) is 6.54 Å². The van der Waals surface area contributed by atoms with Gasteiger partial charge in [0.15, 0.2) is 0 Å². The largest absolute Gasteiger partial charge is 0.296 e. The predicted molar refractivity (Wildman–Crippen MR) is 85.4 cm³/mol. The zero-order valence-corrected chi connectivity index (χ0v) is 13.4. The molecule has 0 spiro atoms. The summed E-state index contributed by atoms with van der Waals surface area (Å²) in [6.07, 6.45) is 8.06. The van der Waals surface area contributed by atoms with Crippen molar-refractivity contribution in [2.75, 3.05) is 7.05 Å². The molecule has 0 unspecified atom stereocenters. The molecule has 1 saturated carbocycles. The number of hydrogen-bond donors (Lipinski definition) is 0. The fraction of sp³-hybridized carbons (Fsp3) is 0.600. The van der Waals surface area contributed by atoms with Crippen LogP contribution in [0.4, 0.5) is 0 Å². The second kappa shape index (κ2) is 6.37.